The van der Waals surface area contributed by atoms with E-state index in [0.29, 0.717) is 24.7 Å². The highest BCUT2D eigenvalue weighted by Gasteiger charge is 2.31. The number of anilines is 3. The molecule has 4 rings (SSSR count). The van der Waals surface area contributed by atoms with E-state index in [-0.39, 0.29) is 0 Å². The van der Waals surface area contributed by atoms with Gasteiger partial charge in [0.25, 0.3) is 0 Å². The van der Waals surface area contributed by atoms with Crippen LogP contribution in [0.3, 0.4) is 0 Å². The summed E-state index contributed by atoms with van der Waals surface area (Å²) < 4.78 is 47.1. The van der Waals surface area contributed by atoms with Crippen LogP contribution in [0.5, 0.6) is 5.75 Å². The Morgan fingerprint density at radius 1 is 1.19 bits per heavy atom. The zero-order valence-corrected chi connectivity index (χ0v) is 15.4. The van der Waals surface area contributed by atoms with Crippen molar-refractivity contribution < 1.29 is 17.9 Å². The van der Waals surface area contributed by atoms with Crippen molar-refractivity contribution in [1.82, 2.24) is 9.97 Å². The number of pyridine rings is 1. The molecular weight excluding hydrogens is 397 g/mol. The summed E-state index contributed by atoms with van der Waals surface area (Å²) in [7, 11) is 0. The SMILES string of the molecule is FC(F)(F)c1ccc(N2CCOc3cc(SNc4nccs4)ccc32)nc1. The summed E-state index contributed by atoms with van der Waals surface area (Å²) in [5.41, 5.74) is 0.00634. The summed E-state index contributed by atoms with van der Waals surface area (Å²) in [6.07, 6.45) is -1.82. The Kier molecular flexibility index (Phi) is 4.83. The van der Waals surface area contributed by atoms with E-state index in [1.807, 2.05) is 28.5 Å². The highest BCUT2D eigenvalue weighted by molar-refractivity contribution is 8.00. The van der Waals surface area contributed by atoms with E-state index < -0.39 is 11.7 Å². The van der Waals surface area contributed by atoms with Crippen LogP contribution < -0.4 is 14.4 Å². The predicted octanol–water partition coefficient (Wildman–Crippen LogP) is 5.21. The van der Waals surface area contributed by atoms with Crippen molar-refractivity contribution >= 4 is 39.9 Å². The second-order valence-corrected chi connectivity index (χ2v) is 7.35. The first-order valence-corrected chi connectivity index (χ1v) is 9.60. The normalized spacial score (nSPS) is 13.8. The highest BCUT2D eigenvalue weighted by atomic mass is 32.2. The van der Waals surface area contributed by atoms with Gasteiger partial charge < -0.3 is 14.4 Å². The van der Waals surface area contributed by atoms with E-state index in [1.165, 1.54) is 29.4 Å². The van der Waals surface area contributed by atoms with E-state index in [0.717, 1.165) is 28.0 Å². The van der Waals surface area contributed by atoms with Crippen molar-refractivity contribution in [2.45, 2.75) is 11.1 Å². The lowest BCUT2D eigenvalue weighted by atomic mass is 10.2. The average molecular weight is 410 g/mol. The molecule has 1 aromatic carbocycles. The first kappa shape index (κ1) is 17.9. The number of alkyl halides is 3. The minimum absolute atomic E-state index is 0.420. The van der Waals surface area contributed by atoms with Crippen LogP contribution in [0.25, 0.3) is 0 Å². The van der Waals surface area contributed by atoms with Gasteiger partial charge in [0.05, 0.1) is 17.8 Å². The van der Waals surface area contributed by atoms with Crippen LogP contribution in [0.2, 0.25) is 0 Å². The molecule has 1 aliphatic heterocycles. The lowest BCUT2D eigenvalue weighted by molar-refractivity contribution is -0.137. The number of benzene rings is 1. The number of nitrogens with zero attached hydrogens (tertiary/aromatic N) is 3. The summed E-state index contributed by atoms with van der Waals surface area (Å²) in [4.78, 5) is 10.9. The second kappa shape index (κ2) is 7.28. The van der Waals surface area contributed by atoms with Crippen molar-refractivity contribution in [2.75, 3.05) is 22.8 Å². The third-order valence-electron chi connectivity index (χ3n) is 3.83. The molecule has 3 heterocycles. The molecule has 1 aliphatic rings. The molecule has 0 amide bonds. The third kappa shape index (κ3) is 3.96. The number of thiazole rings is 1. The number of fused-ring (bicyclic) bond motifs is 1. The third-order valence-corrected chi connectivity index (χ3v) is 5.44. The topological polar surface area (TPSA) is 50.3 Å². The minimum atomic E-state index is -4.40. The van der Waals surface area contributed by atoms with Crippen molar-refractivity contribution in [2.24, 2.45) is 0 Å². The minimum Gasteiger partial charge on any atom is -0.489 e. The summed E-state index contributed by atoms with van der Waals surface area (Å²) >= 11 is 2.91. The van der Waals surface area contributed by atoms with Gasteiger partial charge in [-0.05, 0) is 42.3 Å². The van der Waals surface area contributed by atoms with E-state index in [1.54, 1.807) is 6.20 Å². The quantitative estimate of drug-likeness (QED) is 0.596. The molecule has 5 nitrogen and oxygen atoms in total. The van der Waals surface area contributed by atoms with Gasteiger partial charge in [-0.3, -0.25) is 0 Å². The fraction of sp³-hybridized carbons (Fsp3) is 0.176. The Balaban J connectivity index is 1.54. The van der Waals surface area contributed by atoms with Crippen LogP contribution >= 0.6 is 23.3 Å². The molecule has 0 radical (unpaired) electrons. The molecule has 0 saturated heterocycles. The maximum absolute atomic E-state index is 12.7. The molecule has 140 valence electrons. The van der Waals surface area contributed by atoms with Crippen LogP contribution in [0.15, 0.2) is 53.0 Å². The van der Waals surface area contributed by atoms with Gasteiger partial charge in [-0.1, -0.05) is 0 Å². The number of halogens is 3. The van der Waals surface area contributed by atoms with Crippen molar-refractivity contribution in [3.63, 3.8) is 0 Å². The van der Waals surface area contributed by atoms with Gasteiger partial charge in [-0.2, -0.15) is 13.2 Å². The van der Waals surface area contributed by atoms with Gasteiger partial charge in [0.1, 0.15) is 18.2 Å². The standard InChI is InChI=1S/C17H13F3N4OS2/c18-17(19,20)11-1-4-15(22-10-11)24-6-7-25-14-9-12(2-3-13(14)24)27-23-16-21-5-8-26-16/h1-5,8-10H,6-7H2,(H,21,23). The molecule has 0 aliphatic carbocycles. The zero-order chi connectivity index (χ0) is 18.9. The average Bonchev–Trinajstić information content (AvgIpc) is 3.19. The van der Waals surface area contributed by atoms with Crippen LogP contribution in [-0.2, 0) is 6.18 Å². The number of aromatic nitrogens is 2. The van der Waals surface area contributed by atoms with E-state index in [9.17, 15) is 13.2 Å². The van der Waals surface area contributed by atoms with Crippen LogP contribution in [-0.4, -0.2) is 23.1 Å². The number of hydrogen-bond acceptors (Lipinski definition) is 7. The Bertz CT molecular complexity index is 917. The van der Waals surface area contributed by atoms with Crippen molar-refractivity contribution in [3.05, 3.63) is 53.7 Å². The highest BCUT2D eigenvalue weighted by Crippen LogP contribution is 2.39. The van der Waals surface area contributed by atoms with Gasteiger partial charge in [0.15, 0.2) is 5.13 Å². The summed E-state index contributed by atoms with van der Waals surface area (Å²) in [6.45, 7) is 0.930. The summed E-state index contributed by atoms with van der Waals surface area (Å²) in [5.74, 6) is 1.11. The fourth-order valence-corrected chi connectivity index (χ4v) is 3.84. The lowest BCUT2D eigenvalue weighted by Crippen LogP contribution is -2.29. The molecule has 0 spiro atoms. The Labute approximate surface area is 161 Å². The Hall–Kier alpha value is -2.46. The fourth-order valence-electron chi connectivity index (χ4n) is 2.59. The Morgan fingerprint density at radius 2 is 2.07 bits per heavy atom. The monoisotopic (exact) mass is 410 g/mol. The van der Waals surface area contributed by atoms with Gasteiger partial charge in [-0.25, -0.2) is 9.97 Å². The maximum Gasteiger partial charge on any atom is 0.417 e. The summed E-state index contributed by atoms with van der Waals surface area (Å²) in [6, 6.07) is 8.09. The summed E-state index contributed by atoms with van der Waals surface area (Å²) in [5, 5.41) is 2.68. The van der Waals surface area contributed by atoms with Crippen molar-refractivity contribution in [3.8, 4) is 5.75 Å². The number of hydrogen-bond donors (Lipinski definition) is 1. The smallest absolute Gasteiger partial charge is 0.417 e. The van der Waals surface area contributed by atoms with Crippen LogP contribution in [0, 0.1) is 0 Å². The van der Waals surface area contributed by atoms with Crippen LogP contribution in [0.4, 0.5) is 29.8 Å². The van der Waals surface area contributed by atoms with Crippen molar-refractivity contribution in [1.29, 1.82) is 0 Å². The van der Waals surface area contributed by atoms with Gasteiger partial charge >= 0.3 is 6.18 Å². The van der Waals surface area contributed by atoms with Crippen LogP contribution in [0.1, 0.15) is 5.56 Å². The second-order valence-electron chi connectivity index (χ2n) is 5.57. The molecule has 0 atom stereocenters. The van der Waals surface area contributed by atoms with Gasteiger partial charge in [0.2, 0.25) is 0 Å². The van der Waals surface area contributed by atoms with Gasteiger partial charge in [0, 0.05) is 22.7 Å². The molecule has 0 fully saturated rings. The van der Waals surface area contributed by atoms with Gasteiger partial charge in [-0.15, -0.1) is 11.3 Å². The lowest BCUT2D eigenvalue weighted by Gasteiger charge is -2.30. The molecule has 0 saturated carbocycles. The molecule has 10 heteroatoms. The van der Waals surface area contributed by atoms with E-state index in [4.69, 9.17) is 4.74 Å². The predicted molar refractivity (Wildman–Crippen MR) is 99.8 cm³/mol. The number of rotatable bonds is 4. The van der Waals surface area contributed by atoms with E-state index in [2.05, 4.69) is 14.7 Å². The largest absolute Gasteiger partial charge is 0.489 e. The molecule has 3 aromatic rings. The first-order chi connectivity index (χ1) is 13.0. The molecular formula is C17H13F3N4OS2. The molecule has 0 unspecified atom stereocenters. The zero-order valence-electron chi connectivity index (χ0n) is 13.7. The number of nitrogens with one attached hydrogen (secondary N) is 1. The molecule has 0 bridgehead atoms. The first-order valence-electron chi connectivity index (χ1n) is 7.91. The molecule has 1 N–H and O–H groups in total. The Morgan fingerprint density at radius 3 is 2.78 bits per heavy atom. The maximum atomic E-state index is 12.7. The number of ether oxygens (including phenoxy) is 1. The molecule has 27 heavy (non-hydrogen) atoms. The van der Waals surface area contributed by atoms with E-state index >= 15 is 0 Å². The molecule has 2 aromatic heterocycles.